The Balaban J connectivity index is 1.49. The minimum absolute atomic E-state index is 0.227. The van der Waals surface area contributed by atoms with Gasteiger partial charge in [-0.15, -0.1) is 10.2 Å². The summed E-state index contributed by atoms with van der Waals surface area (Å²) in [5.41, 5.74) is 2.99. The van der Waals surface area contributed by atoms with E-state index in [0.717, 1.165) is 27.8 Å². The van der Waals surface area contributed by atoms with Crippen molar-refractivity contribution in [3.05, 3.63) is 72.2 Å². The van der Waals surface area contributed by atoms with Crippen LogP contribution in [0.1, 0.15) is 11.5 Å². The molecule has 0 saturated heterocycles. The van der Waals surface area contributed by atoms with Crippen molar-refractivity contribution in [2.45, 2.75) is 13.5 Å². The number of rotatable bonds is 4. The Morgan fingerprint density at radius 1 is 1.00 bits per heavy atom. The second kappa shape index (κ2) is 6.12. The molecule has 118 valence electrons. The smallest absolute Gasteiger partial charge is 0.254 e. The summed E-state index contributed by atoms with van der Waals surface area (Å²) in [4.78, 5) is 4.29. The highest BCUT2D eigenvalue weighted by molar-refractivity contribution is 5.79. The minimum atomic E-state index is 0.227. The third kappa shape index (κ3) is 2.96. The monoisotopic (exact) mass is 317 g/mol. The normalized spacial score (nSPS) is 10.9. The second-order valence-electron chi connectivity index (χ2n) is 5.52. The van der Waals surface area contributed by atoms with Gasteiger partial charge in [-0.3, -0.25) is 4.98 Å². The minimum Gasteiger partial charge on any atom is -0.484 e. The lowest BCUT2D eigenvalue weighted by atomic mass is 10.1. The first kappa shape index (κ1) is 14.4. The van der Waals surface area contributed by atoms with Crippen LogP contribution in [0.15, 0.2) is 65.2 Å². The molecular weight excluding hydrogens is 302 g/mol. The molecule has 24 heavy (non-hydrogen) atoms. The number of hydrogen-bond acceptors (Lipinski definition) is 5. The molecule has 2 aromatic heterocycles. The zero-order valence-electron chi connectivity index (χ0n) is 13.1. The summed E-state index contributed by atoms with van der Waals surface area (Å²) in [6.45, 7) is 2.25. The maximum Gasteiger partial charge on any atom is 0.254 e. The first-order chi connectivity index (χ1) is 11.8. The van der Waals surface area contributed by atoms with Gasteiger partial charge < -0.3 is 9.15 Å². The van der Waals surface area contributed by atoms with Gasteiger partial charge in [0.05, 0.1) is 5.52 Å². The molecule has 0 aliphatic heterocycles. The molecule has 0 fully saturated rings. The lowest BCUT2D eigenvalue weighted by Crippen LogP contribution is -1.95. The van der Waals surface area contributed by atoms with E-state index in [0.29, 0.717) is 11.8 Å². The van der Waals surface area contributed by atoms with Gasteiger partial charge in [0.1, 0.15) is 5.75 Å². The molecule has 0 spiro atoms. The molecule has 5 heteroatoms. The van der Waals surface area contributed by atoms with Crippen LogP contribution in [0.25, 0.3) is 22.4 Å². The van der Waals surface area contributed by atoms with Gasteiger partial charge in [0.15, 0.2) is 6.61 Å². The zero-order chi connectivity index (χ0) is 16.4. The molecular formula is C19H15N3O2. The number of benzene rings is 2. The lowest BCUT2D eigenvalue weighted by Gasteiger charge is -2.04. The zero-order valence-corrected chi connectivity index (χ0v) is 13.1. The highest BCUT2D eigenvalue weighted by atomic mass is 16.5. The number of fused-ring (bicyclic) bond motifs is 1. The third-order valence-electron chi connectivity index (χ3n) is 3.67. The van der Waals surface area contributed by atoms with E-state index in [1.54, 1.807) is 6.20 Å². The van der Waals surface area contributed by atoms with Gasteiger partial charge in [0.25, 0.3) is 5.89 Å². The van der Waals surface area contributed by atoms with Crippen molar-refractivity contribution < 1.29 is 9.15 Å². The van der Waals surface area contributed by atoms with Crippen molar-refractivity contribution in [3.8, 4) is 17.2 Å². The maximum absolute atomic E-state index is 5.75. The van der Waals surface area contributed by atoms with Crippen LogP contribution in [0, 0.1) is 6.92 Å². The summed E-state index contributed by atoms with van der Waals surface area (Å²) in [6, 6.07) is 17.6. The molecule has 4 rings (SSSR count). The number of hydrogen-bond donors (Lipinski definition) is 0. The van der Waals surface area contributed by atoms with Crippen LogP contribution in [0.3, 0.4) is 0 Å². The number of ether oxygens (including phenoxy) is 1. The second-order valence-corrected chi connectivity index (χ2v) is 5.52. The lowest BCUT2D eigenvalue weighted by molar-refractivity contribution is 0.265. The molecule has 5 nitrogen and oxygen atoms in total. The summed E-state index contributed by atoms with van der Waals surface area (Å²) in [6.07, 6.45) is 1.77. The Bertz CT molecular complexity index is 995. The van der Waals surface area contributed by atoms with Crippen LogP contribution in [0.5, 0.6) is 5.75 Å². The van der Waals surface area contributed by atoms with E-state index < -0.39 is 0 Å². The largest absolute Gasteiger partial charge is 0.484 e. The van der Waals surface area contributed by atoms with Gasteiger partial charge in [-0.05, 0) is 43.3 Å². The first-order valence-electron chi connectivity index (χ1n) is 7.65. The highest BCUT2D eigenvalue weighted by Crippen LogP contribution is 2.22. The van der Waals surface area contributed by atoms with Crippen LogP contribution in [0.4, 0.5) is 0 Å². The predicted octanol–water partition coefficient (Wildman–Crippen LogP) is 4.17. The fourth-order valence-electron chi connectivity index (χ4n) is 2.50. The molecule has 0 N–H and O–H groups in total. The van der Waals surface area contributed by atoms with Gasteiger partial charge in [0, 0.05) is 17.1 Å². The van der Waals surface area contributed by atoms with Gasteiger partial charge in [-0.1, -0.05) is 23.8 Å². The highest BCUT2D eigenvalue weighted by Gasteiger charge is 2.09. The van der Waals surface area contributed by atoms with Crippen molar-refractivity contribution >= 4 is 10.9 Å². The molecule has 0 atom stereocenters. The fraction of sp³-hybridized carbons (Fsp3) is 0.105. The van der Waals surface area contributed by atoms with E-state index in [9.17, 15) is 0 Å². The fourth-order valence-corrected chi connectivity index (χ4v) is 2.50. The van der Waals surface area contributed by atoms with Crippen molar-refractivity contribution in [3.63, 3.8) is 0 Å². The van der Waals surface area contributed by atoms with E-state index in [1.807, 2.05) is 61.5 Å². The van der Waals surface area contributed by atoms with E-state index in [1.165, 1.54) is 0 Å². The summed E-state index contributed by atoms with van der Waals surface area (Å²) in [5, 5.41) is 9.16. The van der Waals surface area contributed by atoms with E-state index in [-0.39, 0.29) is 6.61 Å². The number of aryl methyl sites for hydroxylation is 1. The predicted molar refractivity (Wildman–Crippen MR) is 90.5 cm³/mol. The molecule has 2 heterocycles. The molecule has 4 aromatic rings. The van der Waals surface area contributed by atoms with E-state index in [4.69, 9.17) is 9.15 Å². The average Bonchev–Trinajstić information content (AvgIpc) is 3.09. The van der Waals surface area contributed by atoms with Gasteiger partial charge in [0.2, 0.25) is 5.89 Å². The van der Waals surface area contributed by atoms with E-state index >= 15 is 0 Å². The molecule has 0 bridgehead atoms. The van der Waals surface area contributed by atoms with Crippen molar-refractivity contribution in [2.75, 3.05) is 0 Å². The number of aromatic nitrogens is 3. The van der Waals surface area contributed by atoms with Gasteiger partial charge in [-0.25, -0.2) is 0 Å². The summed E-state index contributed by atoms with van der Waals surface area (Å²) < 4.78 is 11.4. The van der Waals surface area contributed by atoms with Crippen LogP contribution >= 0.6 is 0 Å². The molecule has 0 aliphatic rings. The number of nitrogens with zero attached hydrogens (tertiary/aromatic N) is 3. The molecule has 0 saturated carbocycles. The van der Waals surface area contributed by atoms with Gasteiger partial charge in [-0.2, -0.15) is 0 Å². The summed E-state index contributed by atoms with van der Waals surface area (Å²) >= 11 is 0. The standard InChI is InChI=1S/C19H15N3O2/c1-13-4-2-5-15(10-13)19-22-21-18(24-19)12-23-16-7-8-17-14(11-16)6-3-9-20-17/h2-11H,12H2,1H3. The Hall–Kier alpha value is -3.21. The van der Waals surface area contributed by atoms with Crippen LogP contribution in [-0.4, -0.2) is 15.2 Å². The van der Waals surface area contributed by atoms with Gasteiger partial charge >= 0.3 is 0 Å². The molecule has 0 aliphatic carbocycles. The quantitative estimate of drug-likeness (QED) is 0.565. The Morgan fingerprint density at radius 3 is 2.88 bits per heavy atom. The first-order valence-corrected chi connectivity index (χ1v) is 7.65. The van der Waals surface area contributed by atoms with Crippen LogP contribution in [0.2, 0.25) is 0 Å². The summed E-state index contributed by atoms with van der Waals surface area (Å²) in [5.74, 6) is 1.68. The van der Waals surface area contributed by atoms with Crippen LogP contribution < -0.4 is 4.74 Å². The maximum atomic E-state index is 5.75. The number of pyridine rings is 1. The van der Waals surface area contributed by atoms with E-state index in [2.05, 4.69) is 15.2 Å². The molecule has 0 amide bonds. The van der Waals surface area contributed by atoms with Crippen molar-refractivity contribution in [1.29, 1.82) is 0 Å². The van der Waals surface area contributed by atoms with Crippen LogP contribution in [-0.2, 0) is 6.61 Å². The van der Waals surface area contributed by atoms with Crippen molar-refractivity contribution in [1.82, 2.24) is 15.2 Å². The Labute approximate surface area is 138 Å². The molecule has 0 radical (unpaired) electrons. The topological polar surface area (TPSA) is 61.0 Å². The van der Waals surface area contributed by atoms with Crippen molar-refractivity contribution in [2.24, 2.45) is 0 Å². The Morgan fingerprint density at radius 2 is 1.96 bits per heavy atom. The SMILES string of the molecule is Cc1cccc(-c2nnc(COc3ccc4ncccc4c3)o2)c1. The summed E-state index contributed by atoms with van der Waals surface area (Å²) in [7, 11) is 0. The average molecular weight is 317 g/mol. The Kier molecular flexibility index (Phi) is 3.67. The third-order valence-corrected chi connectivity index (χ3v) is 3.67. The molecule has 2 aromatic carbocycles. The molecule has 0 unspecified atom stereocenters.